The molecule has 4 rings (SSSR count). The van der Waals surface area contributed by atoms with Gasteiger partial charge in [-0.1, -0.05) is 74.2 Å². The average Bonchev–Trinajstić information content (AvgIpc) is 3.23. The van der Waals surface area contributed by atoms with Crippen LogP contribution in [0.25, 0.3) is 33.5 Å². The molecule has 4 aromatic rings. The molecule has 1 N–H and O–H groups in total. The minimum absolute atomic E-state index is 0.0808. The van der Waals surface area contributed by atoms with Crippen molar-refractivity contribution in [3.63, 3.8) is 0 Å². The van der Waals surface area contributed by atoms with E-state index in [0.29, 0.717) is 41.5 Å². The second-order valence-electron chi connectivity index (χ2n) is 9.42. The van der Waals surface area contributed by atoms with Gasteiger partial charge in [-0.2, -0.15) is 0 Å². The number of rotatable bonds is 9. The first-order chi connectivity index (χ1) is 16.2. The van der Waals surface area contributed by atoms with Crippen LogP contribution in [0, 0.1) is 0 Å². The van der Waals surface area contributed by atoms with E-state index in [-0.39, 0.29) is 4.90 Å². The van der Waals surface area contributed by atoms with Gasteiger partial charge in [-0.3, -0.25) is 0 Å². The third kappa shape index (κ3) is 5.75. The van der Waals surface area contributed by atoms with Crippen molar-refractivity contribution < 1.29 is 13.2 Å². The Hall–Kier alpha value is -2.52. The van der Waals surface area contributed by atoms with Crippen LogP contribution in [0.3, 0.4) is 0 Å². The van der Waals surface area contributed by atoms with Gasteiger partial charge in [0.15, 0.2) is 15.5 Å². The van der Waals surface area contributed by atoms with Crippen molar-refractivity contribution in [1.82, 2.24) is 15.0 Å². The van der Waals surface area contributed by atoms with E-state index in [1.807, 2.05) is 54.6 Å². The fraction of sp³-hybridized carbons (Fsp3) is 0.280. The number of nitrogens with one attached hydrogen (secondary N) is 1. The number of aromatic nitrogens is 3. The zero-order valence-corrected chi connectivity index (χ0v) is 22.1. The van der Waals surface area contributed by atoms with Crippen molar-refractivity contribution >= 4 is 40.7 Å². The van der Waals surface area contributed by atoms with Crippen LogP contribution in [-0.2, 0) is 21.2 Å². The number of benzene rings is 2. The Bertz CT molecular complexity index is 1380. The van der Waals surface area contributed by atoms with Gasteiger partial charge in [0, 0.05) is 20.2 Å². The Morgan fingerprint density at radius 3 is 2.24 bits per heavy atom. The van der Waals surface area contributed by atoms with Crippen LogP contribution in [0.1, 0.15) is 5.82 Å². The summed E-state index contributed by atoms with van der Waals surface area (Å²) in [6.45, 7) is 7.89. The molecule has 9 heteroatoms. The first kappa shape index (κ1) is 24.6. The van der Waals surface area contributed by atoms with E-state index in [1.54, 1.807) is 6.07 Å². The van der Waals surface area contributed by atoms with Gasteiger partial charge in [-0.05, 0) is 23.2 Å². The molecule has 0 saturated heterocycles. The molecule has 0 fully saturated rings. The number of sulfone groups is 1. The molecular formula is C25H28ClN3O3SSi. The molecule has 2 heterocycles. The van der Waals surface area contributed by atoms with Crippen molar-refractivity contribution in [1.29, 1.82) is 0 Å². The number of fused-ring (bicyclic) bond motifs is 1. The fourth-order valence-corrected chi connectivity index (χ4v) is 5.53. The normalized spacial score (nSPS) is 12.4. The lowest BCUT2D eigenvalue weighted by Gasteiger charge is -2.14. The third-order valence-corrected chi connectivity index (χ3v) is 9.30. The minimum atomic E-state index is -3.73. The van der Waals surface area contributed by atoms with E-state index in [1.165, 1.54) is 0 Å². The Labute approximate surface area is 206 Å². The number of imidazole rings is 1. The van der Waals surface area contributed by atoms with E-state index in [0.717, 1.165) is 17.2 Å². The SMILES string of the molecule is C[Si](C)(C)CCOCc1nc2nc(-c3ccc(-c4ccccc4)cc3)c(S(=O)(=O)CCl)cc2[nH]1. The van der Waals surface area contributed by atoms with Gasteiger partial charge in [-0.25, -0.2) is 18.4 Å². The number of hydrogen-bond acceptors (Lipinski definition) is 5. The van der Waals surface area contributed by atoms with E-state index in [4.69, 9.17) is 16.3 Å². The maximum absolute atomic E-state index is 12.8. The molecule has 0 atom stereocenters. The van der Waals surface area contributed by atoms with E-state index in [9.17, 15) is 8.42 Å². The first-order valence-electron chi connectivity index (χ1n) is 11.1. The summed E-state index contributed by atoms with van der Waals surface area (Å²) in [5, 5.41) is -0.532. The monoisotopic (exact) mass is 513 g/mol. The number of pyridine rings is 1. The van der Waals surface area contributed by atoms with Crippen molar-refractivity contribution in [3.05, 3.63) is 66.5 Å². The van der Waals surface area contributed by atoms with Gasteiger partial charge >= 0.3 is 0 Å². The molecular weight excluding hydrogens is 486 g/mol. The molecule has 0 amide bonds. The van der Waals surface area contributed by atoms with E-state index < -0.39 is 23.1 Å². The molecule has 0 unspecified atom stereocenters. The Morgan fingerprint density at radius 2 is 1.59 bits per heavy atom. The minimum Gasteiger partial charge on any atom is -0.374 e. The number of halogens is 1. The molecule has 0 aliphatic rings. The van der Waals surface area contributed by atoms with Crippen LogP contribution >= 0.6 is 11.6 Å². The Morgan fingerprint density at radius 1 is 0.941 bits per heavy atom. The Balaban J connectivity index is 1.68. The maximum Gasteiger partial charge on any atom is 0.194 e. The summed E-state index contributed by atoms with van der Waals surface area (Å²) in [5.74, 6) is 0.615. The summed E-state index contributed by atoms with van der Waals surface area (Å²) in [7, 11) is -4.91. The smallest absolute Gasteiger partial charge is 0.194 e. The number of aromatic amines is 1. The summed E-state index contributed by atoms with van der Waals surface area (Å²) in [6.07, 6.45) is 0. The van der Waals surface area contributed by atoms with Crippen molar-refractivity contribution in [3.8, 4) is 22.4 Å². The largest absolute Gasteiger partial charge is 0.374 e. The summed E-state index contributed by atoms with van der Waals surface area (Å²) in [4.78, 5) is 12.4. The lowest BCUT2D eigenvalue weighted by molar-refractivity contribution is 0.128. The van der Waals surface area contributed by atoms with Gasteiger partial charge in [0.25, 0.3) is 0 Å². The third-order valence-electron chi connectivity index (χ3n) is 5.47. The van der Waals surface area contributed by atoms with Gasteiger partial charge in [0.05, 0.1) is 16.1 Å². The molecule has 34 heavy (non-hydrogen) atoms. The first-order valence-corrected chi connectivity index (χ1v) is 17.0. The Kier molecular flexibility index (Phi) is 7.23. The van der Waals surface area contributed by atoms with Crippen molar-refractivity contribution in [2.45, 2.75) is 37.2 Å². The molecule has 0 saturated carbocycles. The maximum atomic E-state index is 12.8. The van der Waals surface area contributed by atoms with Gasteiger partial charge < -0.3 is 9.72 Å². The number of ether oxygens (including phenoxy) is 1. The van der Waals surface area contributed by atoms with E-state index >= 15 is 0 Å². The van der Waals surface area contributed by atoms with Gasteiger partial charge in [-0.15, -0.1) is 11.6 Å². The predicted octanol–water partition coefficient (Wildman–Crippen LogP) is 6.12. The predicted molar refractivity (Wildman–Crippen MR) is 140 cm³/mol. The zero-order valence-electron chi connectivity index (χ0n) is 19.5. The highest BCUT2D eigenvalue weighted by molar-refractivity contribution is 7.92. The van der Waals surface area contributed by atoms with Crippen LogP contribution in [0.2, 0.25) is 25.7 Å². The molecule has 0 spiro atoms. The quantitative estimate of drug-likeness (QED) is 0.165. The van der Waals surface area contributed by atoms with Gasteiger partial charge in [0.1, 0.15) is 17.6 Å². The highest BCUT2D eigenvalue weighted by atomic mass is 35.5. The zero-order chi connectivity index (χ0) is 24.3. The fourth-order valence-electron chi connectivity index (χ4n) is 3.54. The highest BCUT2D eigenvalue weighted by Gasteiger charge is 2.23. The molecule has 0 bridgehead atoms. The molecule has 0 aliphatic carbocycles. The second-order valence-corrected chi connectivity index (χ2v) is 17.6. The van der Waals surface area contributed by atoms with Crippen LogP contribution in [0.4, 0.5) is 0 Å². The van der Waals surface area contributed by atoms with E-state index in [2.05, 4.69) is 34.6 Å². The van der Waals surface area contributed by atoms with Crippen LogP contribution < -0.4 is 0 Å². The summed E-state index contributed by atoms with van der Waals surface area (Å²) in [5.41, 5.74) is 4.12. The van der Waals surface area contributed by atoms with Crippen LogP contribution in [0.15, 0.2) is 65.6 Å². The van der Waals surface area contributed by atoms with Crippen LogP contribution in [-0.4, -0.2) is 43.3 Å². The summed E-state index contributed by atoms with van der Waals surface area (Å²) in [6, 6.07) is 20.3. The second kappa shape index (κ2) is 9.99. The molecule has 178 valence electrons. The lowest BCUT2D eigenvalue weighted by atomic mass is 10.0. The van der Waals surface area contributed by atoms with Crippen LogP contribution in [0.5, 0.6) is 0 Å². The summed E-state index contributed by atoms with van der Waals surface area (Å²) >= 11 is 5.81. The summed E-state index contributed by atoms with van der Waals surface area (Å²) < 4.78 is 31.4. The molecule has 2 aromatic heterocycles. The lowest BCUT2D eigenvalue weighted by Crippen LogP contribution is -2.21. The molecule has 0 radical (unpaired) electrons. The molecule has 0 aliphatic heterocycles. The molecule has 2 aromatic carbocycles. The standard InChI is InChI=1S/C25H28ClN3O3SSi/c1-34(2,3)14-13-32-16-23-27-21-15-22(33(30,31)17-26)24(29-25(21)28-23)20-11-9-19(10-12-20)18-7-5-4-6-8-18/h4-12,15H,13-14,16-17H2,1-3H3,(H,27,28,29). The average molecular weight is 514 g/mol. The number of nitrogens with zero attached hydrogens (tertiary/aromatic N) is 2. The van der Waals surface area contributed by atoms with Crippen molar-refractivity contribution in [2.24, 2.45) is 0 Å². The topological polar surface area (TPSA) is 84.9 Å². The molecule has 6 nitrogen and oxygen atoms in total. The highest BCUT2D eigenvalue weighted by Crippen LogP contribution is 2.31. The van der Waals surface area contributed by atoms with Crippen molar-refractivity contribution in [2.75, 3.05) is 11.8 Å². The number of H-pyrrole nitrogens is 1. The number of hydrogen-bond donors (Lipinski definition) is 1. The number of alkyl halides is 1. The van der Waals surface area contributed by atoms with Gasteiger partial charge in [0.2, 0.25) is 0 Å².